The zero-order valence-corrected chi connectivity index (χ0v) is 17.5. The Kier molecular flexibility index (Phi) is 5.87. The van der Waals surface area contributed by atoms with E-state index in [9.17, 15) is 9.59 Å². The molecule has 1 aliphatic heterocycles. The minimum absolute atomic E-state index is 0.0237. The predicted molar refractivity (Wildman–Crippen MR) is 113 cm³/mol. The SMILES string of the molecule is CCCN1C(=O)C(C)(C)COc2cc(NC(=O)c3cc(Cl)ccc3Cl)ccc21. The van der Waals surface area contributed by atoms with Gasteiger partial charge in [-0.2, -0.15) is 0 Å². The largest absolute Gasteiger partial charge is 0.490 e. The van der Waals surface area contributed by atoms with Crippen LogP contribution in [0, 0.1) is 5.41 Å². The minimum atomic E-state index is -0.633. The molecule has 2 aromatic carbocycles. The van der Waals surface area contributed by atoms with Gasteiger partial charge in [0, 0.05) is 23.3 Å². The van der Waals surface area contributed by atoms with Gasteiger partial charge in [-0.15, -0.1) is 0 Å². The van der Waals surface area contributed by atoms with Gasteiger partial charge in [0.05, 0.1) is 21.7 Å². The fraction of sp³-hybridized carbons (Fsp3) is 0.333. The van der Waals surface area contributed by atoms with Crippen LogP contribution in [0.5, 0.6) is 5.75 Å². The number of benzene rings is 2. The van der Waals surface area contributed by atoms with Crippen molar-refractivity contribution < 1.29 is 14.3 Å². The molecule has 0 fully saturated rings. The summed E-state index contributed by atoms with van der Waals surface area (Å²) < 4.78 is 5.92. The van der Waals surface area contributed by atoms with Crippen molar-refractivity contribution in [3.63, 3.8) is 0 Å². The summed E-state index contributed by atoms with van der Waals surface area (Å²) in [6.07, 6.45) is 0.826. The molecule has 1 N–H and O–H groups in total. The van der Waals surface area contributed by atoms with E-state index in [1.54, 1.807) is 35.2 Å². The van der Waals surface area contributed by atoms with Crippen molar-refractivity contribution in [2.24, 2.45) is 5.41 Å². The molecule has 0 unspecified atom stereocenters. The Morgan fingerprint density at radius 3 is 2.68 bits per heavy atom. The lowest BCUT2D eigenvalue weighted by Gasteiger charge is -2.27. The number of carbonyl (C=O) groups is 2. The fourth-order valence-electron chi connectivity index (χ4n) is 3.04. The fourth-order valence-corrected chi connectivity index (χ4v) is 3.42. The Morgan fingerprint density at radius 1 is 1.21 bits per heavy atom. The van der Waals surface area contributed by atoms with Crippen LogP contribution in [0.1, 0.15) is 37.6 Å². The monoisotopic (exact) mass is 420 g/mol. The average Bonchev–Trinajstić information content (AvgIpc) is 2.74. The van der Waals surface area contributed by atoms with Crippen LogP contribution in [-0.4, -0.2) is 25.0 Å². The minimum Gasteiger partial charge on any atom is -0.490 e. The maximum atomic E-state index is 12.9. The number of carbonyl (C=O) groups excluding carboxylic acids is 2. The van der Waals surface area contributed by atoms with Gasteiger partial charge in [-0.1, -0.05) is 30.1 Å². The quantitative estimate of drug-likeness (QED) is 0.719. The number of halogens is 2. The third-order valence-electron chi connectivity index (χ3n) is 4.54. The zero-order chi connectivity index (χ0) is 20.5. The first-order valence-corrected chi connectivity index (χ1v) is 9.84. The van der Waals surface area contributed by atoms with Gasteiger partial charge in [-0.3, -0.25) is 9.59 Å². The first-order valence-electron chi connectivity index (χ1n) is 9.08. The summed E-state index contributed by atoms with van der Waals surface area (Å²) in [6, 6.07) is 9.98. The lowest BCUT2D eigenvalue weighted by Crippen LogP contribution is -2.42. The van der Waals surface area contributed by atoms with Gasteiger partial charge in [0.1, 0.15) is 12.4 Å². The van der Waals surface area contributed by atoms with Gasteiger partial charge >= 0.3 is 0 Å². The number of hydrogen-bond acceptors (Lipinski definition) is 3. The molecule has 0 bridgehead atoms. The van der Waals surface area contributed by atoms with Gasteiger partial charge in [-0.25, -0.2) is 0 Å². The second-order valence-electron chi connectivity index (χ2n) is 7.39. The highest BCUT2D eigenvalue weighted by molar-refractivity contribution is 6.36. The average molecular weight is 421 g/mol. The van der Waals surface area contributed by atoms with Gasteiger partial charge in [0.2, 0.25) is 5.91 Å². The summed E-state index contributed by atoms with van der Waals surface area (Å²) in [5.74, 6) is 0.209. The number of amides is 2. The van der Waals surface area contributed by atoms with Crippen LogP contribution < -0.4 is 15.0 Å². The Labute approximate surface area is 174 Å². The highest BCUT2D eigenvalue weighted by Gasteiger charge is 2.37. The molecule has 0 saturated heterocycles. The normalized spacial score (nSPS) is 15.5. The second-order valence-corrected chi connectivity index (χ2v) is 8.23. The third kappa shape index (κ3) is 4.10. The number of hydrogen-bond donors (Lipinski definition) is 1. The Balaban J connectivity index is 1.91. The van der Waals surface area contributed by atoms with E-state index in [1.165, 1.54) is 6.07 Å². The van der Waals surface area contributed by atoms with E-state index in [0.717, 1.165) is 6.42 Å². The van der Waals surface area contributed by atoms with E-state index < -0.39 is 5.41 Å². The van der Waals surface area contributed by atoms with Crippen LogP contribution in [-0.2, 0) is 4.79 Å². The zero-order valence-electron chi connectivity index (χ0n) is 16.0. The molecule has 1 heterocycles. The van der Waals surface area contributed by atoms with E-state index >= 15 is 0 Å². The summed E-state index contributed by atoms with van der Waals surface area (Å²) in [4.78, 5) is 27.2. The van der Waals surface area contributed by atoms with Gasteiger partial charge < -0.3 is 15.0 Å². The lowest BCUT2D eigenvalue weighted by molar-refractivity contribution is -0.127. The number of nitrogens with zero attached hydrogens (tertiary/aromatic N) is 1. The topological polar surface area (TPSA) is 58.6 Å². The van der Waals surface area contributed by atoms with Crippen molar-refractivity contribution in [3.05, 3.63) is 52.0 Å². The van der Waals surface area contributed by atoms with Crippen LogP contribution >= 0.6 is 23.2 Å². The van der Waals surface area contributed by atoms with Crippen molar-refractivity contribution in [1.29, 1.82) is 0 Å². The molecule has 3 rings (SSSR count). The van der Waals surface area contributed by atoms with Crippen LogP contribution in [0.4, 0.5) is 11.4 Å². The van der Waals surface area contributed by atoms with Gasteiger partial charge in [0.25, 0.3) is 5.91 Å². The molecule has 0 saturated carbocycles. The molecule has 0 spiro atoms. The molecule has 148 valence electrons. The highest BCUT2D eigenvalue weighted by atomic mass is 35.5. The maximum Gasteiger partial charge on any atom is 0.257 e. The summed E-state index contributed by atoms with van der Waals surface area (Å²) in [7, 11) is 0. The maximum absolute atomic E-state index is 12.9. The van der Waals surface area contributed by atoms with Crippen LogP contribution in [0.15, 0.2) is 36.4 Å². The molecule has 0 aliphatic carbocycles. The molecule has 2 amide bonds. The predicted octanol–water partition coefficient (Wildman–Crippen LogP) is 5.41. The van der Waals surface area contributed by atoms with Crippen molar-refractivity contribution >= 4 is 46.4 Å². The first-order chi connectivity index (χ1) is 13.2. The van der Waals surface area contributed by atoms with Crippen molar-refractivity contribution in [2.45, 2.75) is 27.2 Å². The summed E-state index contributed by atoms with van der Waals surface area (Å²) in [6.45, 7) is 6.62. The summed E-state index contributed by atoms with van der Waals surface area (Å²) in [5.41, 5.74) is 0.903. The van der Waals surface area contributed by atoms with Crippen molar-refractivity contribution in [2.75, 3.05) is 23.4 Å². The van der Waals surface area contributed by atoms with Crippen molar-refractivity contribution in [1.82, 2.24) is 0 Å². The molecule has 5 nitrogen and oxygen atoms in total. The number of nitrogens with one attached hydrogen (secondary N) is 1. The molecule has 7 heteroatoms. The Morgan fingerprint density at radius 2 is 1.96 bits per heavy atom. The molecular formula is C21H22Cl2N2O3. The van der Waals surface area contributed by atoms with Crippen LogP contribution in [0.3, 0.4) is 0 Å². The van der Waals surface area contributed by atoms with Gasteiger partial charge in [0.15, 0.2) is 0 Å². The van der Waals surface area contributed by atoms with E-state index in [2.05, 4.69) is 5.32 Å². The molecular weight excluding hydrogens is 399 g/mol. The van der Waals surface area contributed by atoms with Gasteiger partial charge in [-0.05, 0) is 50.6 Å². The molecule has 0 radical (unpaired) electrons. The van der Waals surface area contributed by atoms with E-state index in [1.807, 2.05) is 20.8 Å². The molecule has 1 aliphatic rings. The van der Waals surface area contributed by atoms with E-state index in [-0.39, 0.29) is 24.0 Å². The third-order valence-corrected chi connectivity index (χ3v) is 5.11. The first kappa shape index (κ1) is 20.5. The molecule has 0 atom stereocenters. The number of ether oxygens (including phenoxy) is 1. The molecule has 28 heavy (non-hydrogen) atoms. The van der Waals surface area contributed by atoms with E-state index in [4.69, 9.17) is 27.9 Å². The van der Waals surface area contributed by atoms with E-state index in [0.29, 0.717) is 33.7 Å². The Hall–Kier alpha value is -2.24. The molecule has 0 aromatic heterocycles. The summed E-state index contributed by atoms with van der Waals surface area (Å²) in [5, 5.41) is 3.55. The molecule has 2 aromatic rings. The smallest absolute Gasteiger partial charge is 0.257 e. The van der Waals surface area contributed by atoms with Crippen molar-refractivity contribution in [3.8, 4) is 5.75 Å². The second kappa shape index (κ2) is 8.02. The number of rotatable bonds is 4. The number of fused-ring (bicyclic) bond motifs is 1. The van der Waals surface area contributed by atoms with Crippen LogP contribution in [0.25, 0.3) is 0 Å². The standard InChI is InChI=1S/C21H22Cl2N2O3/c1-4-9-25-17-8-6-14(11-18(17)28-12-21(2,3)20(25)27)24-19(26)15-10-13(22)5-7-16(15)23/h5-8,10-11H,4,9,12H2,1-3H3,(H,24,26). The summed E-state index contributed by atoms with van der Waals surface area (Å²) >= 11 is 12.1. The Bertz CT molecular complexity index is 928. The highest BCUT2D eigenvalue weighted by Crippen LogP contribution is 2.38. The number of anilines is 2. The lowest BCUT2D eigenvalue weighted by atomic mass is 9.93. The van der Waals surface area contributed by atoms with Crippen LogP contribution in [0.2, 0.25) is 10.0 Å².